The molecule has 0 aliphatic carbocycles. The van der Waals surface area contributed by atoms with Gasteiger partial charge in [0, 0.05) is 0 Å². The molecular weight excluding hydrogens is 229 g/mol. The van der Waals surface area contributed by atoms with Crippen molar-refractivity contribution in [3.8, 4) is 5.75 Å². The van der Waals surface area contributed by atoms with Gasteiger partial charge in [-0.05, 0) is 6.07 Å². The number of aliphatic hydroxyl groups is 1. The predicted molar refractivity (Wildman–Crippen MR) is 63.9 cm³/mol. The second-order valence-corrected chi connectivity index (χ2v) is 4.54. The summed E-state index contributed by atoms with van der Waals surface area (Å²) in [6.45, 7) is 1.11. The van der Waals surface area contributed by atoms with E-state index in [1.807, 2.05) is 0 Å². The fourth-order valence-electron chi connectivity index (χ4n) is 0.943. The van der Waals surface area contributed by atoms with Crippen LogP contribution in [0.2, 0.25) is 0 Å². The molecule has 0 bridgehead atoms. The first kappa shape index (κ1) is 19.3. The third-order valence-electron chi connectivity index (χ3n) is 1.89. The van der Waals surface area contributed by atoms with Gasteiger partial charge in [0.25, 0.3) is 0 Å². The molecule has 0 heterocycles. The van der Waals surface area contributed by atoms with E-state index in [4.69, 9.17) is 10.2 Å². The van der Waals surface area contributed by atoms with Crippen LogP contribution in [-0.2, 0) is 0 Å². The van der Waals surface area contributed by atoms with Gasteiger partial charge in [-0.15, -0.1) is 0 Å². The average molecular weight is 249 g/mol. The molecule has 1 aromatic carbocycles. The van der Waals surface area contributed by atoms with Crippen LogP contribution in [0.5, 0.6) is 5.75 Å². The monoisotopic (exact) mass is 249 g/mol. The molecule has 5 nitrogen and oxygen atoms in total. The number of quaternary nitrogens is 1. The number of hydrogen-bond donors (Lipinski definition) is 2. The van der Waals surface area contributed by atoms with E-state index in [-0.39, 0.29) is 32.5 Å². The molecule has 0 amide bonds. The molecule has 0 spiro atoms. The second kappa shape index (κ2) is 9.01. The molecular formula is C12H20LiNO4. The van der Waals surface area contributed by atoms with Crippen LogP contribution < -0.4 is 24.0 Å². The molecule has 98 valence electrons. The number of para-hydroxylation sites is 1. The van der Waals surface area contributed by atoms with Crippen LogP contribution in [0.15, 0.2) is 24.3 Å². The van der Waals surface area contributed by atoms with Crippen molar-refractivity contribution in [2.75, 3.05) is 34.3 Å². The number of carbonyl (C=O) groups is 1. The van der Waals surface area contributed by atoms with Crippen molar-refractivity contribution in [2.24, 2.45) is 0 Å². The van der Waals surface area contributed by atoms with E-state index in [2.05, 4.69) is 21.1 Å². The van der Waals surface area contributed by atoms with Gasteiger partial charge in [0.2, 0.25) is 0 Å². The number of carboxylic acids is 1. The van der Waals surface area contributed by atoms with Gasteiger partial charge in [0.05, 0.1) is 33.3 Å². The van der Waals surface area contributed by atoms with E-state index in [1.165, 1.54) is 24.3 Å². The van der Waals surface area contributed by atoms with Crippen molar-refractivity contribution in [3.05, 3.63) is 29.8 Å². The van der Waals surface area contributed by atoms with Gasteiger partial charge < -0.3 is 21.2 Å². The zero-order chi connectivity index (χ0) is 13.5. The van der Waals surface area contributed by atoms with E-state index in [9.17, 15) is 9.90 Å². The van der Waals surface area contributed by atoms with E-state index >= 15 is 0 Å². The SMILES string of the molecule is C[N+](C)(C)CCO.O=C(O)c1ccccc1[O-].[H-].[Li+]. The Morgan fingerprint density at radius 1 is 1.33 bits per heavy atom. The molecule has 6 heteroatoms. The second-order valence-electron chi connectivity index (χ2n) is 4.54. The van der Waals surface area contributed by atoms with E-state index in [1.54, 1.807) is 0 Å². The largest absolute Gasteiger partial charge is 1.00 e. The van der Waals surface area contributed by atoms with Crippen LogP contribution in [0.1, 0.15) is 11.8 Å². The molecule has 0 radical (unpaired) electrons. The number of carboxylic acid groups (broad SMARTS) is 1. The third kappa shape index (κ3) is 9.08. The molecule has 1 aromatic rings. The minimum Gasteiger partial charge on any atom is -1.00 e. The summed E-state index contributed by atoms with van der Waals surface area (Å²) in [4.78, 5) is 10.2. The van der Waals surface area contributed by atoms with Crippen molar-refractivity contribution < 1.29 is 44.9 Å². The molecule has 1 rings (SSSR count). The fraction of sp³-hybridized carbons (Fsp3) is 0.417. The van der Waals surface area contributed by atoms with Crippen molar-refractivity contribution in [1.82, 2.24) is 0 Å². The summed E-state index contributed by atoms with van der Waals surface area (Å²) in [6, 6.07) is 5.54. The van der Waals surface area contributed by atoms with Crippen molar-refractivity contribution in [3.63, 3.8) is 0 Å². The van der Waals surface area contributed by atoms with Crippen LogP contribution in [0.25, 0.3) is 0 Å². The summed E-state index contributed by atoms with van der Waals surface area (Å²) in [5, 5.41) is 27.4. The predicted octanol–water partition coefficient (Wildman–Crippen LogP) is -2.74. The van der Waals surface area contributed by atoms with Crippen molar-refractivity contribution >= 4 is 5.97 Å². The van der Waals surface area contributed by atoms with E-state index in [0.717, 1.165) is 11.0 Å². The molecule has 0 saturated heterocycles. The Bertz CT molecular complexity index is 369. The number of hydrogen-bond acceptors (Lipinski definition) is 3. The molecule has 0 fully saturated rings. The molecule has 2 N–H and O–H groups in total. The van der Waals surface area contributed by atoms with Gasteiger partial charge in [-0.1, -0.05) is 23.9 Å². The van der Waals surface area contributed by atoms with Crippen LogP contribution >= 0.6 is 0 Å². The standard InChI is InChI=1S/C7H6O3.C5H14NO.Li.H/c8-6-4-2-1-3-5(6)7(9)10;1-6(2,3)4-5-7;;/h1-4,8H,(H,9,10);7H,4-5H2,1-3H3;;/q;2*+1;-1/p-1. The normalized spacial score (nSPS) is 9.78. The zero-order valence-electron chi connectivity index (χ0n) is 12.4. The van der Waals surface area contributed by atoms with Crippen molar-refractivity contribution in [2.45, 2.75) is 0 Å². The summed E-state index contributed by atoms with van der Waals surface area (Å²) in [5.74, 6) is -1.62. The minimum atomic E-state index is -1.18. The Morgan fingerprint density at radius 3 is 2.06 bits per heavy atom. The smallest absolute Gasteiger partial charge is 1.00 e. The molecule has 0 aliphatic rings. The van der Waals surface area contributed by atoms with E-state index < -0.39 is 11.7 Å². The van der Waals surface area contributed by atoms with Crippen molar-refractivity contribution in [1.29, 1.82) is 0 Å². The number of rotatable bonds is 3. The Labute approximate surface area is 121 Å². The number of nitrogens with zero attached hydrogens (tertiary/aromatic N) is 1. The average Bonchev–Trinajstić information content (AvgIpc) is 2.16. The topological polar surface area (TPSA) is 80.6 Å². The van der Waals surface area contributed by atoms with Gasteiger partial charge in [0.15, 0.2) is 0 Å². The molecule has 18 heavy (non-hydrogen) atoms. The van der Waals surface area contributed by atoms with Gasteiger partial charge in [-0.2, -0.15) is 0 Å². The minimum absolute atomic E-state index is 0. The first-order valence-electron chi connectivity index (χ1n) is 5.18. The Hall–Kier alpha value is -0.993. The number of likely N-dealkylation sites (N-methyl/N-ethyl adjacent to an activating group) is 1. The Kier molecular flexibility index (Phi) is 9.68. The fourth-order valence-corrected chi connectivity index (χ4v) is 0.943. The van der Waals surface area contributed by atoms with Crippen LogP contribution in [0.4, 0.5) is 0 Å². The molecule has 0 aliphatic heterocycles. The first-order valence-corrected chi connectivity index (χ1v) is 5.18. The summed E-state index contributed by atoms with van der Waals surface area (Å²) in [7, 11) is 6.16. The zero-order valence-corrected chi connectivity index (χ0v) is 11.4. The maximum absolute atomic E-state index is 10.7. The summed E-state index contributed by atoms with van der Waals surface area (Å²) in [5.41, 5.74) is -0.178. The third-order valence-corrected chi connectivity index (χ3v) is 1.89. The van der Waals surface area contributed by atoms with Gasteiger partial charge in [-0.25, -0.2) is 4.79 Å². The summed E-state index contributed by atoms with van der Waals surface area (Å²) < 4.78 is 0.844. The van der Waals surface area contributed by atoms with Gasteiger partial charge in [0.1, 0.15) is 6.54 Å². The number of aliphatic hydroxyl groups excluding tert-OH is 1. The molecule has 0 unspecified atom stereocenters. The van der Waals surface area contributed by atoms with Gasteiger partial charge in [-0.3, -0.25) is 0 Å². The Morgan fingerprint density at radius 2 is 1.83 bits per heavy atom. The summed E-state index contributed by atoms with van der Waals surface area (Å²) >= 11 is 0. The summed E-state index contributed by atoms with van der Waals surface area (Å²) in [6.07, 6.45) is 0. The van der Waals surface area contributed by atoms with Gasteiger partial charge >= 0.3 is 24.8 Å². The van der Waals surface area contributed by atoms with Crippen LogP contribution in [-0.4, -0.2) is 55.0 Å². The van der Waals surface area contributed by atoms with Crippen LogP contribution in [0.3, 0.4) is 0 Å². The number of aromatic carboxylic acids is 1. The maximum atomic E-state index is 10.7. The van der Waals surface area contributed by atoms with E-state index in [0.29, 0.717) is 0 Å². The molecule has 0 atom stereocenters. The first-order chi connectivity index (χ1) is 7.78. The van der Waals surface area contributed by atoms with Crippen LogP contribution in [0, 0.1) is 0 Å². The molecule has 0 saturated carbocycles. The maximum Gasteiger partial charge on any atom is 1.00 e. The molecule has 0 aromatic heterocycles. The quantitative estimate of drug-likeness (QED) is 0.450. The number of benzene rings is 1. The Balaban J connectivity index is -0.000000258.